The number of rotatable bonds is 7. The highest BCUT2D eigenvalue weighted by atomic mass is 32.2. The van der Waals surface area contributed by atoms with E-state index in [1.807, 2.05) is 54.8 Å². The molecule has 0 aliphatic heterocycles. The molecule has 2 aromatic heterocycles. The van der Waals surface area contributed by atoms with Crippen LogP contribution in [0.1, 0.15) is 27.3 Å². The van der Waals surface area contributed by atoms with Crippen molar-refractivity contribution in [3.63, 3.8) is 0 Å². The van der Waals surface area contributed by atoms with Gasteiger partial charge in [0.05, 0.1) is 12.3 Å². The van der Waals surface area contributed by atoms with Crippen LogP contribution in [0.15, 0.2) is 65.8 Å². The van der Waals surface area contributed by atoms with E-state index in [4.69, 9.17) is 0 Å². The Morgan fingerprint density at radius 3 is 2.47 bits per heavy atom. The number of nitrogens with zero attached hydrogens (tertiary/aromatic N) is 3. The molecule has 0 saturated carbocycles. The first-order chi connectivity index (χ1) is 14.5. The number of hydrogen-bond donors (Lipinski definition) is 1. The molecule has 0 atom stereocenters. The van der Waals surface area contributed by atoms with Crippen LogP contribution < -0.4 is 0 Å². The summed E-state index contributed by atoms with van der Waals surface area (Å²) < 4.78 is 15.3. The van der Waals surface area contributed by atoms with Crippen LogP contribution in [0.4, 0.5) is 4.39 Å². The van der Waals surface area contributed by atoms with Crippen molar-refractivity contribution < 1.29 is 9.18 Å². The number of H-pyrrole nitrogens is 1. The minimum Gasteiger partial charge on any atom is -0.362 e. The van der Waals surface area contributed by atoms with Crippen LogP contribution >= 0.6 is 11.8 Å². The van der Waals surface area contributed by atoms with E-state index < -0.39 is 0 Å². The fraction of sp³-hybridized carbons (Fsp3) is 0.174. The Balaban J connectivity index is 1.62. The number of benzene rings is 2. The number of halogens is 1. The number of aromatic amines is 1. The molecule has 0 spiro atoms. The van der Waals surface area contributed by atoms with Crippen molar-refractivity contribution in [1.29, 1.82) is 0 Å². The molecule has 152 valence electrons. The molecule has 0 saturated heterocycles. The fourth-order valence-corrected chi connectivity index (χ4v) is 4.16. The number of ketones is 1. The van der Waals surface area contributed by atoms with Crippen molar-refractivity contribution in [1.82, 2.24) is 19.7 Å². The predicted octanol–water partition coefficient (Wildman–Crippen LogP) is 5.05. The van der Waals surface area contributed by atoms with Crippen LogP contribution in [-0.4, -0.2) is 31.3 Å². The average molecular weight is 421 g/mol. The quantitative estimate of drug-likeness (QED) is 0.336. The number of aromatic nitrogens is 4. The minimum absolute atomic E-state index is 0.0412. The predicted molar refractivity (Wildman–Crippen MR) is 116 cm³/mol. The average Bonchev–Trinajstić information content (AvgIpc) is 3.30. The molecule has 2 heterocycles. The second-order valence-electron chi connectivity index (χ2n) is 7.09. The summed E-state index contributed by atoms with van der Waals surface area (Å²) in [6, 6.07) is 18.0. The molecule has 0 fully saturated rings. The van der Waals surface area contributed by atoms with E-state index in [-0.39, 0.29) is 17.4 Å². The van der Waals surface area contributed by atoms with Crippen LogP contribution in [0.3, 0.4) is 0 Å². The lowest BCUT2D eigenvalue weighted by atomic mass is 10.2. The minimum atomic E-state index is -0.301. The molecule has 0 amide bonds. The summed E-state index contributed by atoms with van der Waals surface area (Å²) in [5, 5.41) is 9.31. The summed E-state index contributed by atoms with van der Waals surface area (Å²) in [4.78, 5) is 15.9. The summed E-state index contributed by atoms with van der Waals surface area (Å²) in [6.45, 7) is 4.39. The Morgan fingerprint density at radius 2 is 1.80 bits per heavy atom. The number of thioether (sulfide) groups is 1. The molecule has 4 aromatic rings. The summed E-state index contributed by atoms with van der Waals surface area (Å²) in [6.07, 6.45) is 0. The highest BCUT2D eigenvalue weighted by Gasteiger charge is 2.18. The SMILES string of the molecule is Cc1cc(C(=O)CSc2nnc(-c3ccc(F)cc3)n2Cc2ccccc2)c(C)[nH]1. The zero-order valence-electron chi connectivity index (χ0n) is 16.7. The monoisotopic (exact) mass is 420 g/mol. The Bertz CT molecular complexity index is 1170. The van der Waals surface area contributed by atoms with Gasteiger partial charge in [-0.1, -0.05) is 42.1 Å². The van der Waals surface area contributed by atoms with Crippen LogP contribution in [0.25, 0.3) is 11.4 Å². The second kappa shape index (κ2) is 8.67. The standard InChI is InChI=1S/C23H21FN4OS/c1-15-12-20(16(2)25-15)21(29)14-30-23-27-26-22(18-8-10-19(24)11-9-18)28(23)13-17-6-4-3-5-7-17/h3-12,25H,13-14H2,1-2H3. The molecule has 7 heteroatoms. The third-order valence-corrected chi connectivity index (χ3v) is 5.75. The fourth-order valence-electron chi connectivity index (χ4n) is 3.34. The summed E-state index contributed by atoms with van der Waals surface area (Å²) in [5.74, 6) is 0.640. The van der Waals surface area contributed by atoms with Gasteiger partial charge in [0.2, 0.25) is 0 Å². The van der Waals surface area contributed by atoms with Crippen LogP contribution in [-0.2, 0) is 6.54 Å². The topological polar surface area (TPSA) is 63.6 Å². The molecule has 2 aromatic carbocycles. The normalized spacial score (nSPS) is 11.0. The first-order valence-corrected chi connectivity index (χ1v) is 10.5. The largest absolute Gasteiger partial charge is 0.362 e. The van der Waals surface area contributed by atoms with E-state index in [1.54, 1.807) is 12.1 Å². The van der Waals surface area contributed by atoms with Gasteiger partial charge in [-0.25, -0.2) is 4.39 Å². The lowest BCUT2D eigenvalue weighted by Crippen LogP contribution is -2.07. The molecule has 0 aliphatic rings. The van der Waals surface area contributed by atoms with Crippen molar-refractivity contribution in [2.45, 2.75) is 25.5 Å². The first-order valence-electron chi connectivity index (χ1n) is 9.56. The van der Waals surface area contributed by atoms with E-state index in [9.17, 15) is 9.18 Å². The Morgan fingerprint density at radius 1 is 1.07 bits per heavy atom. The van der Waals surface area contributed by atoms with Gasteiger partial charge in [-0.2, -0.15) is 0 Å². The smallest absolute Gasteiger partial charge is 0.192 e. The van der Waals surface area contributed by atoms with Gasteiger partial charge in [-0.3, -0.25) is 9.36 Å². The maximum Gasteiger partial charge on any atom is 0.192 e. The van der Waals surface area contributed by atoms with E-state index in [0.717, 1.165) is 22.5 Å². The lowest BCUT2D eigenvalue weighted by Gasteiger charge is -2.10. The van der Waals surface area contributed by atoms with Gasteiger partial charge in [0.25, 0.3) is 0 Å². The first kappa shape index (κ1) is 20.1. The molecular formula is C23H21FN4OS. The van der Waals surface area contributed by atoms with Crippen molar-refractivity contribution in [2.24, 2.45) is 0 Å². The highest BCUT2D eigenvalue weighted by molar-refractivity contribution is 7.99. The van der Waals surface area contributed by atoms with Crippen LogP contribution in [0.5, 0.6) is 0 Å². The Hall–Kier alpha value is -3.19. The van der Waals surface area contributed by atoms with Gasteiger partial charge in [-0.05, 0) is 49.7 Å². The molecule has 30 heavy (non-hydrogen) atoms. The number of nitrogens with one attached hydrogen (secondary N) is 1. The van der Waals surface area contributed by atoms with E-state index >= 15 is 0 Å². The number of aryl methyl sites for hydroxylation is 2. The lowest BCUT2D eigenvalue weighted by molar-refractivity contribution is 0.102. The van der Waals surface area contributed by atoms with E-state index in [1.165, 1.54) is 23.9 Å². The Labute approximate surface area is 178 Å². The number of carbonyl (C=O) groups excluding carboxylic acids is 1. The molecule has 4 rings (SSSR count). The molecule has 5 nitrogen and oxygen atoms in total. The molecule has 0 aliphatic carbocycles. The van der Waals surface area contributed by atoms with Gasteiger partial charge in [0, 0.05) is 22.5 Å². The van der Waals surface area contributed by atoms with E-state index in [2.05, 4.69) is 15.2 Å². The second-order valence-corrected chi connectivity index (χ2v) is 8.03. The molecule has 0 bridgehead atoms. The molecular weight excluding hydrogens is 399 g/mol. The van der Waals surface area contributed by atoms with Crippen LogP contribution in [0, 0.1) is 19.7 Å². The highest BCUT2D eigenvalue weighted by Crippen LogP contribution is 2.26. The third kappa shape index (κ3) is 4.36. The Kier molecular flexibility index (Phi) is 5.81. The summed E-state index contributed by atoms with van der Waals surface area (Å²) in [7, 11) is 0. The van der Waals surface area contributed by atoms with Gasteiger partial charge in [0.15, 0.2) is 16.8 Å². The van der Waals surface area contributed by atoms with Crippen molar-refractivity contribution in [3.05, 3.63) is 89.0 Å². The van der Waals surface area contributed by atoms with Gasteiger partial charge >= 0.3 is 0 Å². The molecule has 0 unspecified atom stereocenters. The van der Waals surface area contributed by atoms with Crippen molar-refractivity contribution in [3.8, 4) is 11.4 Å². The third-order valence-electron chi connectivity index (χ3n) is 4.79. The van der Waals surface area contributed by atoms with Gasteiger partial charge in [0.1, 0.15) is 5.82 Å². The maximum atomic E-state index is 13.4. The summed E-state index contributed by atoms with van der Waals surface area (Å²) in [5.41, 5.74) is 4.40. The van der Waals surface area contributed by atoms with E-state index in [0.29, 0.717) is 23.1 Å². The van der Waals surface area contributed by atoms with Gasteiger partial charge < -0.3 is 4.98 Å². The van der Waals surface area contributed by atoms with Crippen molar-refractivity contribution >= 4 is 17.5 Å². The van der Waals surface area contributed by atoms with Crippen molar-refractivity contribution in [2.75, 3.05) is 5.75 Å². The van der Waals surface area contributed by atoms with Crippen LogP contribution in [0.2, 0.25) is 0 Å². The number of hydrogen-bond acceptors (Lipinski definition) is 4. The zero-order chi connectivity index (χ0) is 21.1. The number of Topliss-reactive ketones (excluding diaryl/α,β-unsaturated/α-hetero) is 1. The molecule has 0 radical (unpaired) electrons. The maximum absolute atomic E-state index is 13.4. The van der Waals surface area contributed by atoms with Gasteiger partial charge in [-0.15, -0.1) is 10.2 Å². The zero-order valence-corrected chi connectivity index (χ0v) is 17.5. The summed E-state index contributed by atoms with van der Waals surface area (Å²) >= 11 is 1.36. The number of carbonyl (C=O) groups is 1. The molecule has 1 N–H and O–H groups in total.